The molecule has 0 aromatic carbocycles. The summed E-state index contributed by atoms with van der Waals surface area (Å²) in [4.78, 5) is 15.5. The number of rotatable bonds is 0. The van der Waals surface area contributed by atoms with Crippen LogP contribution in [0.5, 0.6) is 0 Å². The van der Waals surface area contributed by atoms with Crippen molar-refractivity contribution in [2.45, 2.75) is 26.9 Å². The third-order valence-electron chi connectivity index (χ3n) is 2.88. The maximum Gasteiger partial charge on any atom is 0.451 e. The number of nitrogens with two attached hydrogens (primary N) is 1. The first-order valence-corrected chi connectivity index (χ1v) is 5.57. The van der Waals surface area contributed by atoms with Crippen molar-refractivity contribution in [3.63, 3.8) is 0 Å². The number of carbonyl (C=O) groups is 1. The van der Waals surface area contributed by atoms with Crippen molar-refractivity contribution >= 4 is 11.6 Å². The number of amidine groups is 1. The summed E-state index contributed by atoms with van der Waals surface area (Å²) in [5.41, 5.74) is 4.93. The van der Waals surface area contributed by atoms with Crippen molar-refractivity contribution < 1.29 is 18.0 Å². The maximum absolute atomic E-state index is 12.7. The van der Waals surface area contributed by atoms with E-state index in [4.69, 9.17) is 5.73 Å². The van der Waals surface area contributed by atoms with Crippen LogP contribution in [-0.2, 0) is 6.18 Å². The van der Waals surface area contributed by atoms with Gasteiger partial charge in [-0.3, -0.25) is 4.79 Å². The van der Waals surface area contributed by atoms with Gasteiger partial charge < -0.3 is 5.73 Å². The zero-order valence-electron chi connectivity index (χ0n) is 10.6. The molecule has 1 unspecified atom stereocenters. The molecule has 1 aliphatic rings. The Bertz CT molecular complexity index is 565. The normalized spacial score (nSPS) is 20.2. The van der Waals surface area contributed by atoms with Gasteiger partial charge in [0.25, 0.3) is 0 Å². The van der Waals surface area contributed by atoms with Crippen LogP contribution in [0.15, 0.2) is 11.3 Å². The van der Waals surface area contributed by atoms with Crippen molar-refractivity contribution in [3.8, 4) is 0 Å². The summed E-state index contributed by atoms with van der Waals surface area (Å²) in [6, 6.07) is 0. The minimum atomic E-state index is -4.68. The predicted octanol–water partition coefficient (Wildman–Crippen LogP) is 1.88. The quantitative estimate of drug-likeness (QED) is 0.785. The van der Waals surface area contributed by atoms with Gasteiger partial charge in [0, 0.05) is 0 Å². The Labute approximate surface area is 107 Å². The van der Waals surface area contributed by atoms with Crippen LogP contribution in [-0.4, -0.2) is 21.3 Å². The maximum atomic E-state index is 12.7. The van der Waals surface area contributed by atoms with Gasteiger partial charge in [0.2, 0.25) is 5.82 Å². The molecule has 8 heteroatoms. The number of ketones is 1. The molecule has 0 radical (unpaired) electrons. The zero-order chi connectivity index (χ0) is 14.6. The summed E-state index contributed by atoms with van der Waals surface area (Å²) >= 11 is 0. The van der Waals surface area contributed by atoms with Crippen molar-refractivity contribution in [2.75, 3.05) is 0 Å². The van der Waals surface area contributed by atoms with E-state index in [0.29, 0.717) is 4.68 Å². The molecule has 0 spiro atoms. The van der Waals surface area contributed by atoms with Gasteiger partial charge >= 0.3 is 6.18 Å². The molecule has 5 nitrogen and oxygen atoms in total. The van der Waals surface area contributed by atoms with Gasteiger partial charge in [0.05, 0.1) is 12.1 Å². The fourth-order valence-corrected chi connectivity index (χ4v) is 2.10. The van der Waals surface area contributed by atoms with E-state index in [-0.39, 0.29) is 11.5 Å². The summed E-state index contributed by atoms with van der Waals surface area (Å²) in [7, 11) is 0. The van der Waals surface area contributed by atoms with Crippen LogP contribution in [0.4, 0.5) is 13.2 Å². The molecule has 2 N–H and O–H groups in total. The van der Waals surface area contributed by atoms with Gasteiger partial charge in [-0.25, -0.2) is 9.66 Å². The molecular formula is C11H13F3N4O. The minimum Gasteiger partial charge on any atom is -0.385 e. The van der Waals surface area contributed by atoms with Crippen molar-refractivity contribution in [2.24, 2.45) is 22.2 Å². The van der Waals surface area contributed by atoms with Crippen LogP contribution in [0.3, 0.4) is 0 Å². The van der Waals surface area contributed by atoms with Crippen LogP contribution in [0.1, 0.15) is 37.1 Å². The fourth-order valence-electron chi connectivity index (χ4n) is 2.10. The number of fused-ring (bicyclic) bond motifs is 1. The lowest BCUT2D eigenvalue weighted by Gasteiger charge is -2.31. The number of nitrogens with zero attached hydrogens (tertiary/aromatic N) is 3. The van der Waals surface area contributed by atoms with Gasteiger partial charge in [-0.05, 0) is 5.41 Å². The summed E-state index contributed by atoms with van der Waals surface area (Å²) in [6.45, 7) is 5.32. The van der Waals surface area contributed by atoms with Gasteiger partial charge in [-0.2, -0.15) is 18.3 Å². The molecule has 0 bridgehead atoms. The van der Waals surface area contributed by atoms with Crippen molar-refractivity contribution in [3.05, 3.63) is 17.7 Å². The van der Waals surface area contributed by atoms with Gasteiger partial charge in [0.15, 0.2) is 5.78 Å². The molecule has 104 valence electrons. The topological polar surface area (TPSA) is 73.3 Å². The van der Waals surface area contributed by atoms with E-state index >= 15 is 0 Å². The minimum absolute atomic E-state index is 0.131. The first-order chi connectivity index (χ1) is 8.53. The fraction of sp³-hybridized carbons (Fsp3) is 0.545. The largest absolute Gasteiger partial charge is 0.451 e. The summed E-state index contributed by atoms with van der Waals surface area (Å²) in [5.74, 6) is -2.62. The lowest BCUT2D eigenvalue weighted by atomic mass is 9.76. The third-order valence-corrected chi connectivity index (χ3v) is 2.88. The highest BCUT2D eigenvalue weighted by molar-refractivity contribution is 6.12. The first kappa shape index (κ1) is 13.6. The smallest absolute Gasteiger partial charge is 0.385 e. The highest BCUT2D eigenvalue weighted by Gasteiger charge is 2.44. The second kappa shape index (κ2) is 3.82. The standard InChI is InChI=1S/C11H13F3N4O/c1-10(2,3)6-7(19)5-4-16-9(11(12,13)14)18(5)17-8(6)15/h4,6H,1-3H3,(H2,15,17). The second-order valence-electron chi connectivity index (χ2n) is 5.46. The van der Waals surface area contributed by atoms with E-state index in [1.165, 1.54) is 0 Å². The Kier molecular flexibility index (Phi) is 2.72. The lowest BCUT2D eigenvalue weighted by molar-refractivity contribution is -0.146. The number of hydrogen-bond donors (Lipinski definition) is 1. The van der Waals surface area contributed by atoms with Gasteiger partial charge in [0.1, 0.15) is 11.5 Å². The monoisotopic (exact) mass is 274 g/mol. The molecule has 19 heavy (non-hydrogen) atoms. The summed E-state index contributed by atoms with van der Waals surface area (Å²) < 4.78 is 38.5. The van der Waals surface area contributed by atoms with E-state index in [9.17, 15) is 18.0 Å². The van der Waals surface area contributed by atoms with Crippen LogP contribution in [0.2, 0.25) is 0 Å². The van der Waals surface area contributed by atoms with E-state index in [1.807, 2.05) is 0 Å². The summed E-state index contributed by atoms with van der Waals surface area (Å²) in [5, 5.41) is 3.68. The Balaban J connectivity index is 2.59. The van der Waals surface area contributed by atoms with Crippen LogP contribution in [0.25, 0.3) is 0 Å². The van der Waals surface area contributed by atoms with Crippen LogP contribution < -0.4 is 5.73 Å². The molecule has 1 aromatic heterocycles. The lowest BCUT2D eigenvalue weighted by Crippen LogP contribution is -2.44. The molecule has 0 saturated heterocycles. The molecule has 0 fully saturated rings. The first-order valence-electron chi connectivity index (χ1n) is 5.57. The van der Waals surface area contributed by atoms with Crippen LogP contribution in [0, 0.1) is 11.3 Å². The zero-order valence-corrected chi connectivity index (χ0v) is 10.6. The molecular weight excluding hydrogens is 261 g/mol. The third kappa shape index (κ3) is 2.11. The molecule has 0 amide bonds. The van der Waals surface area contributed by atoms with Crippen LogP contribution >= 0.6 is 0 Å². The van der Waals surface area contributed by atoms with Crippen molar-refractivity contribution in [1.29, 1.82) is 0 Å². The molecule has 0 saturated carbocycles. The number of alkyl halides is 3. The van der Waals surface area contributed by atoms with Gasteiger partial charge in [-0.1, -0.05) is 20.8 Å². The molecule has 1 atom stereocenters. The highest BCUT2D eigenvalue weighted by Crippen LogP contribution is 2.35. The number of imidazole rings is 1. The van der Waals surface area contributed by atoms with E-state index in [0.717, 1.165) is 6.20 Å². The second-order valence-corrected chi connectivity index (χ2v) is 5.46. The van der Waals surface area contributed by atoms with E-state index < -0.39 is 29.1 Å². The Morgan fingerprint density at radius 2 is 1.89 bits per heavy atom. The molecule has 1 aromatic rings. The molecule has 0 aliphatic carbocycles. The Morgan fingerprint density at radius 1 is 1.32 bits per heavy atom. The van der Waals surface area contributed by atoms with E-state index in [2.05, 4.69) is 10.1 Å². The molecule has 1 aliphatic heterocycles. The Hall–Kier alpha value is -1.86. The predicted molar refractivity (Wildman–Crippen MR) is 61.5 cm³/mol. The van der Waals surface area contributed by atoms with Crippen molar-refractivity contribution in [1.82, 2.24) is 9.66 Å². The average Bonchev–Trinajstić information content (AvgIpc) is 2.57. The Morgan fingerprint density at radius 3 is 2.37 bits per heavy atom. The number of halogens is 3. The number of aromatic nitrogens is 2. The average molecular weight is 274 g/mol. The number of carbonyl (C=O) groups excluding carboxylic acids is 1. The summed E-state index contributed by atoms with van der Waals surface area (Å²) in [6.07, 6.45) is -3.79. The van der Waals surface area contributed by atoms with Gasteiger partial charge in [-0.15, -0.1) is 0 Å². The molecule has 2 rings (SSSR count). The SMILES string of the molecule is CC(C)(C)C1C(=O)c2cnc(C(F)(F)F)n2N=C1N. The van der Waals surface area contributed by atoms with E-state index in [1.54, 1.807) is 20.8 Å². The highest BCUT2D eigenvalue weighted by atomic mass is 19.4. The molecule has 2 heterocycles. The number of hydrogen-bond acceptors (Lipinski definition) is 4. The number of Topliss-reactive ketones (excluding diaryl/α,β-unsaturated/α-hetero) is 1.